The first-order valence-corrected chi connectivity index (χ1v) is 11.9. The zero-order valence-corrected chi connectivity index (χ0v) is 20.5. The van der Waals surface area contributed by atoms with E-state index < -0.39 is 0 Å². The molecule has 4 rings (SSSR count). The van der Waals surface area contributed by atoms with Crippen LogP contribution in [0.4, 0.5) is 10.1 Å². The highest BCUT2D eigenvalue weighted by atomic mass is 19.1. The minimum Gasteiger partial charge on any atom is -0.341 e. The van der Waals surface area contributed by atoms with Crippen molar-refractivity contribution < 1.29 is 14.0 Å². The van der Waals surface area contributed by atoms with E-state index in [1.165, 1.54) is 12.1 Å². The van der Waals surface area contributed by atoms with Crippen molar-refractivity contribution in [1.82, 2.24) is 4.90 Å². The summed E-state index contributed by atoms with van der Waals surface area (Å²) in [5.41, 5.74) is 4.92. The van der Waals surface area contributed by atoms with Crippen molar-refractivity contribution in [3.05, 3.63) is 137 Å². The molecule has 0 aliphatic heterocycles. The maximum absolute atomic E-state index is 13.8. The Balaban J connectivity index is 1.52. The SMILES string of the molecule is Cc1ccc(C(=O)N(Cc2cccc(F)c2)c2ccc(CC(=O)N(C)Cc3ccccc3)cc2)cc1. The van der Waals surface area contributed by atoms with Crippen LogP contribution in [0.15, 0.2) is 103 Å². The Kier molecular flexibility index (Phi) is 7.91. The van der Waals surface area contributed by atoms with Gasteiger partial charge < -0.3 is 9.80 Å². The summed E-state index contributed by atoms with van der Waals surface area (Å²) >= 11 is 0. The summed E-state index contributed by atoms with van der Waals surface area (Å²) in [5, 5.41) is 0. The Hall–Kier alpha value is -4.25. The van der Waals surface area contributed by atoms with Crippen LogP contribution < -0.4 is 4.90 Å². The van der Waals surface area contributed by atoms with E-state index in [2.05, 4.69) is 0 Å². The summed E-state index contributed by atoms with van der Waals surface area (Å²) in [6.07, 6.45) is 0.263. The van der Waals surface area contributed by atoms with Crippen LogP contribution in [0, 0.1) is 12.7 Å². The van der Waals surface area contributed by atoms with Gasteiger partial charge in [0.1, 0.15) is 5.82 Å². The number of rotatable bonds is 8. The molecule has 0 saturated heterocycles. The molecule has 4 aromatic carbocycles. The molecule has 4 aromatic rings. The van der Waals surface area contributed by atoms with Crippen molar-refractivity contribution in [3.8, 4) is 0 Å². The van der Waals surface area contributed by atoms with Gasteiger partial charge in [-0.15, -0.1) is 0 Å². The molecule has 0 spiro atoms. The van der Waals surface area contributed by atoms with E-state index in [4.69, 9.17) is 0 Å². The molecule has 2 amide bonds. The van der Waals surface area contributed by atoms with Crippen LogP contribution in [-0.4, -0.2) is 23.8 Å². The summed E-state index contributed by atoms with van der Waals surface area (Å²) in [7, 11) is 1.80. The van der Waals surface area contributed by atoms with Crippen molar-refractivity contribution >= 4 is 17.5 Å². The van der Waals surface area contributed by atoms with Crippen LogP contribution >= 0.6 is 0 Å². The first-order chi connectivity index (χ1) is 17.4. The molecular formula is C31H29FN2O2. The van der Waals surface area contributed by atoms with Gasteiger partial charge in [-0.25, -0.2) is 4.39 Å². The highest BCUT2D eigenvalue weighted by Gasteiger charge is 2.19. The zero-order valence-electron chi connectivity index (χ0n) is 20.5. The van der Waals surface area contributed by atoms with Gasteiger partial charge in [0.05, 0.1) is 13.0 Å². The fourth-order valence-electron chi connectivity index (χ4n) is 4.00. The number of amides is 2. The lowest BCUT2D eigenvalue weighted by molar-refractivity contribution is -0.129. The molecule has 0 heterocycles. The van der Waals surface area contributed by atoms with Gasteiger partial charge in [0, 0.05) is 24.8 Å². The van der Waals surface area contributed by atoms with Crippen LogP contribution in [0.2, 0.25) is 0 Å². The summed E-state index contributed by atoms with van der Waals surface area (Å²) < 4.78 is 13.8. The summed E-state index contributed by atoms with van der Waals surface area (Å²) in [4.78, 5) is 29.5. The topological polar surface area (TPSA) is 40.6 Å². The van der Waals surface area contributed by atoms with Gasteiger partial charge in [-0.2, -0.15) is 0 Å². The number of anilines is 1. The maximum atomic E-state index is 13.8. The molecule has 0 radical (unpaired) electrons. The molecule has 0 aliphatic carbocycles. The first kappa shape index (κ1) is 24.9. The summed E-state index contributed by atoms with van der Waals surface area (Å²) in [5.74, 6) is -0.506. The molecule has 182 valence electrons. The third-order valence-corrected chi connectivity index (χ3v) is 6.07. The largest absolute Gasteiger partial charge is 0.341 e. The Bertz CT molecular complexity index is 1320. The molecule has 0 unspecified atom stereocenters. The predicted octanol–water partition coefficient (Wildman–Crippen LogP) is 6.18. The fourth-order valence-corrected chi connectivity index (χ4v) is 4.00. The van der Waals surface area contributed by atoms with Gasteiger partial charge in [-0.3, -0.25) is 9.59 Å². The smallest absolute Gasteiger partial charge is 0.258 e. The number of nitrogens with zero attached hydrogens (tertiary/aromatic N) is 2. The fraction of sp³-hybridized carbons (Fsp3) is 0.161. The number of halogens is 1. The summed E-state index contributed by atoms with van der Waals surface area (Å²) in [6, 6.07) is 30.9. The zero-order chi connectivity index (χ0) is 25.5. The van der Waals surface area contributed by atoms with Crippen LogP contribution in [0.5, 0.6) is 0 Å². The number of carbonyl (C=O) groups is 2. The average Bonchev–Trinajstić information content (AvgIpc) is 2.88. The van der Waals surface area contributed by atoms with Crippen LogP contribution in [0.1, 0.15) is 32.6 Å². The van der Waals surface area contributed by atoms with Crippen LogP contribution in [0.25, 0.3) is 0 Å². The maximum Gasteiger partial charge on any atom is 0.258 e. The molecule has 4 nitrogen and oxygen atoms in total. The first-order valence-electron chi connectivity index (χ1n) is 11.9. The van der Waals surface area contributed by atoms with E-state index in [1.54, 1.807) is 41.1 Å². The van der Waals surface area contributed by atoms with Gasteiger partial charge in [-0.05, 0) is 60.0 Å². The Labute approximate surface area is 211 Å². The number of hydrogen-bond acceptors (Lipinski definition) is 2. The van der Waals surface area contributed by atoms with E-state index >= 15 is 0 Å². The minimum absolute atomic E-state index is 0.0129. The predicted molar refractivity (Wildman–Crippen MR) is 141 cm³/mol. The highest BCUT2D eigenvalue weighted by Crippen LogP contribution is 2.22. The van der Waals surface area contributed by atoms with E-state index in [0.717, 1.165) is 16.7 Å². The molecule has 0 aliphatic rings. The van der Waals surface area contributed by atoms with Crippen molar-refractivity contribution in [2.75, 3.05) is 11.9 Å². The number of hydrogen-bond donors (Lipinski definition) is 0. The lowest BCUT2D eigenvalue weighted by atomic mass is 10.1. The highest BCUT2D eigenvalue weighted by molar-refractivity contribution is 6.06. The number of aryl methyl sites for hydroxylation is 1. The monoisotopic (exact) mass is 480 g/mol. The standard InChI is InChI=1S/C31H29FN2O2/c1-23-11-15-27(16-12-23)31(36)34(22-26-9-6-10-28(32)19-26)29-17-13-24(14-18-29)20-30(35)33(2)21-25-7-4-3-5-8-25/h3-19H,20-22H2,1-2H3. The minimum atomic E-state index is -0.344. The quantitative estimate of drug-likeness (QED) is 0.302. The lowest BCUT2D eigenvalue weighted by Crippen LogP contribution is -2.30. The number of benzene rings is 4. The van der Waals surface area contributed by atoms with Gasteiger partial charge in [0.25, 0.3) is 5.91 Å². The van der Waals surface area contributed by atoms with Gasteiger partial charge in [0.15, 0.2) is 0 Å². The molecule has 0 aromatic heterocycles. The van der Waals surface area contributed by atoms with E-state index in [0.29, 0.717) is 23.4 Å². The molecule has 0 bridgehead atoms. The second-order valence-electron chi connectivity index (χ2n) is 8.97. The Morgan fingerprint density at radius 1 is 0.722 bits per heavy atom. The Morgan fingerprint density at radius 3 is 2.06 bits per heavy atom. The van der Waals surface area contributed by atoms with Gasteiger partial charge >= 0.3 is 0 Å². The molecule has 0 saturated carbocycles. The van der Waals surface area contributed by atoms with E-state index in [1.807, 2.05) is 73.7 Å². The van der Waals surface area contributed by atoms with Crippen molar-refractivity contribution in [2.24, 2.45) is 0 Å². The van der Waals surface area contributed by atoms with Crippen molar-refractivity contribution in [3.63, 3.8) is 0 Å². The third kappa shape index (κ3) is 6.45. The van der Waals surface area contributed by atoms with E-state index in [9.17, 15) is 14.0 Å². The Morgan fingerprint density at radius 2 is 1.39 bits per heavy atom. The second kappa shape index (κ2) is 11.5. The van der Waals surface area contributed by atoms with Crippen LogP contribution in [-0.2, 0) is 24.3 Å². The summed E-state index contributed by atoms with van der Waals surface area (Å²) in [6.45, 7) is 2.74. The molecular weight excluding hydrogens is 451 g/mol. The molecule has 5 heteroatoms. The van der Waals surface area contributed by atoms with Gasteiger partial charge in [0.2, 0.25) is 5.91 Å². The lowest BCUT2D eigenvalue weighted by Gasteiger charge is -2.24. The molecule has 36 heavy (non-hydrogen) atoms. The average molecular weight is 481 g/mol. The molecule has 0 atom stereocenters. The molecule has 0 fully saturated rings. The van der Waals surface area contributed by atoms with Gasteiger partial charge in [-0.1, -0.05) is 72.3 Å². The molecule has 0 N–H and O–H groups in total. The van der Waals surface area contributed by atoms with Crippen molar-refractivity contribution in [1.29, 1.82) is 0 Å². The van der Waals surface area contributed by atoms with Crippen LogP contribution in [0.3, 0.4) is 0 Å². The normalized spacial score (nSPS) is 10.6. The third-order valence-electron chi connectivity index (χ3n) is 6.07. The van der Waals surface area contributed by atoms with E-state index in [-0.39, 0.29) is 30.6 Å². The number of carbonyl (C=O) groups excluding carboxylic acids is 2. The second-order valence-corrected chi connectivity index (χ2v) is 8.97. The van der Waals surface area contributed by atoms with Crippen molar-refractivity contribution in [2.45, 2.75) is 26.4 Å². The number of likely N-dealkylation sites (N-methyl/N-ethyl adjacent to an activating group) is 1.